The maximum Gasteiger partial charge on any atom is 0.264 e. The fourth-order valence-electron chi connectivity index (χ4n) is 2.36. The highest BCUT2D eigenvalue weighted by Gasteiger charge is 2.23. The van der Waals surface area contributed by atoms with Gasteiger partial charge in [0.2, 0.25) is 0 Å². The minimum atomic E-state index is -0.314. The molecule has 0 radical (unpaired) electrons. The first-order valence-corrected chi connectivity index (χ1v) is 7.55. The maximum atomic E-state index is 12.4. The number of hydrogen-bond acceptors (Lipinski definition) is 4. The molecule has 2 aromatic carbocycles. The van der Waals surface area contributed by atoms with Gasteiger partial charge >= 0.3 is 0 Å². The van der Waals surface area contributed by atoms with Crippen LogP contribution >= 0.6 is 11.6 Å². The molecule has 1 N–H and O–H groups in total. The van der Waals surface area contributed by atoms with Gasteiger partial charge in [0, 0.05) is 18.3 Å². The first kappa shape index (κ1) is 16.1. The largest absolute Gasteiger partial charge is 0.495 e. The van der Waals surface area contributed by atoms with Crippen LogP contribution in [-0.2, 0) is 4.79 Å². The minimum Gasteiger partial charge on any atom is -0.495 e. The number of carbonyl (C=O) groups is 2. The summed E-state index contributed by atoms with van der Waals surface area (Å²) in [6, 6.07) is 9.91. The molecule has 1 aliphatic rings. The molecule has 0 atom stereocenters. The maximum absolute atomic E-state index is 12.4. The van der Waals surface area contributed by atoms with Crippen LogP contribution in [0.25, 0.3) is 0 Å². The average Bonchev–Trinajstić information content (AvgIpc) is 2.58. The lowest BCUT2D eigenvalue weighted by atomic mass is 10.1. The minimum absolute atomic E-state index is 0.000605. The molecule has 0 bridgehead atoms. The molecule has 0 aromatic heterocycles. The summed E-state index contributed by atoms with van der Waals surface area (Å²) in [5.41, 5.74) is 1.52. The van der Waals surface area contributed by atoms with Crippen LogP contribution < -0.4 is 19.7 Å². The molecular formula is C17H15ClN2O4. The van der Waals surface area contributed by atoms with E-state index in [0.29, 0.717) is 33.5 Å². The molecule has 0 unspecified atom stereocenters. The summed E-state index contributed by atoms with van der Waals surface area (Å²) in [6.45, 7) is -0.000605. The average molecular weight is 347 g/mol. The van der Waals surface area contributed by atoms with E-state index in [1.165, 1.54) is 12.0 Å². The molecule has 1 aliphatic heterocycles. The molecule has 1 heterocycles. The van der Waals surface area contributed by atoms with Crippen molar-refractivity contribution in [2.24, 2.45) is 0 Å². The smallest absolute Gasteiger partial charge is 0.264 e. The van der Waals surface area contributed by atoms with E-state index in [0.717, 1.165) is 0 Å². The van der Waals surface area contributed by atoms with E-state index in [9.17, 15) is 9.59 Å². The topological polar surface area (TPSA) is 67.9 Å². The number of nitrogens with zero attached hydrogens (tertiary/aromatic N) is 1. The van der Waals surface area contributed by atoms with Crippen LogP contribution in [0, 0.1) is 0 Å². The van der Waals surface area contributed by atoms with E-state index in [2.05, 4.69) is 5.32 Å². The van der Waals surface area contributed by atoms with Crippen LogP contribution in [0.2, 0.25) is 5.02 Å². The summed E-state index contributed by atoms with van der Waals surface area (Å²) in [5.74, 6) is 0.620. The van der Waals surface area contributed by atoms with Gasteiger partial charge in [0.05, 0.1) is 17.8 Å². The molecule has 2 amide bonds. The summed E-state index contributed by atoms with van der Waals surface area (Å²) in [7, 11) is 3.17. The van der Waals surface area contributed by atoms with Crippen molar-refractivity contribution in [3.8, 4) is 11.5 Å². The molecule has 6 nitrogen and oxygen atoms in total. The van der Waals surface area contributed by atoms with E-state index < -0.39 is 0 Å². The van der Waals surface area contributed by atoms with E-state index in [1.807, 2.05) is 0 Å². The first-order valence-electron chi connectivity index (χ1n) is 7.18. The first-order chi connectivity index (χ1) is 11.5. The van der Waals surface area contributed by atoms with Crippen molar-refractivity contribution in [2.45, 2.75) is 0 Å². The number of halogens is 1. The zero-order chi connectivity index (χ0) is 17.3. The second-order valence-corrected chi connectivity index (χ2v) is 5.63. The fourth-order valence-corrected chi connectivity index (χ4v) is 2.62. The van der Waals surface area contributed by atoms with Gasteiger partial charge in [-0.05, 0) is 36.4 Å². The van der Waals surface area contributed by atoms with Crippen molar-refractivity contribution in [3.05, 3.63) is 47.0 Å². The molecule has 7 heteroatoms. The van der Waals surface area contributed by atoms with Crippen molar-refractivity contribution in [1.82, 2.24) is 0 Å². The molecule has 124 valence electrons. The van der Waals surface area contributed by atoms with Crippen molar-refractivity contribution in [1.29, 1.82) is 0 Å². The Balaban J connectivity index is 1.83. The van der Waals surface area contributed by atoms with E-state index in [1.54, 1.807) is 43.4 Å². The summed E-state index contributed by atoms with van der Waals surface area (Å²) in [5, 5.41) is 3.16. The van der Waals surface area contributed by atoms with Gasteiger partial charge in [0.25, 0.3) is 11.8 Å². The third-order valence-corrected chi connectivity index (χ3v) is 4.01. The number of rotatable bonds is 3. The summed E-state index contributed by atoms with van der Waals surface area (Å²) in [6.07, 6.45) is 0. The van der Waals surface area contributed by atoms with E-state index >= 15 is 0 Å². The Morgan fingerprint density at radius 2 is 2.08 bits per heavy atom. The summed E-state index contributed by atoms with van der Waals surface area (Å²) >= 11 is 6.05. The molecule has 2 aromatic rings. The number of likely N-dealkylation sites (N-methyl/N-ethyl adjacent to an activating group) is 1. The van der Waals surface area contributed by atoms with Crippen LogP contribution in [0.15, 0.2) is 36.4 Å². The normalized spacial score (nSPS) is 13.1. The second-order valence-electron chi connectivity index (χ2n) is 5.23. The Hall–Kier alpha value is -2.73. The highest BCUT2D eigenvalue weighted by molar-refractivity contribution is 6.32. The number of nitrogens with one attached hydrogen (secondary N) is 1. The highest BCUT2D eigenvalue weighted by atomic mass is 35.5. The van der Waals surface area contributed by atoms with Crippen LogP contribution in [0.4, 0.5) is 11.4 Å². The lowest BCUT2D eigenvalue weighted by Gasteiger charge is -2.26. The lowest BCUT2D eigenvalue weighted by Crippen LogP contribution is -2.35. The molecule has 0 fully saturated rings. The van der Waals surface area contributed by atoms with Crippen molar-refractivity contribution in [2.75, 3.05) is 31.0 Å². The molecule has 3 rings (SSSR count). The van der Waals surface area contributed by atoms with Gasteiger partial charge in [-0.15, -0.1) is 0 Å². The van der Waals surface area contributed by atoms with Gasteiger partial charge in [0.15, 0.2) is 6.61 Å². The Labute approximate surface area is 143 Å². The Morgan fingerprint density at radius 1 is 1.29 bits per heavy atom. The van der Waals surface area contributed by atoms with Crippen LogP contribution in [0.1, 0.15) is 10.4 Å². The number of benzene rings is 2. The Kier molecular flexibility index (Phi) is 4.31. The molecule has 0 spiro atoms. The standard InChI is InChI=1S/C17H15ClN2O4/c1-20-13-7-10(3-5-15(13)24-9-16(20)21)17(22)19-11-4-6-14(23-2)12(18)8-11/h3-8H,9H2,1-2H3,(H,19,22). The molecule has 24 heavy (non-hydrogen) atoms. The molecule has 0 saturated heterocycles. The number of hydrogen-bond donors (Lipinski definition) is 1. The highest BCUT2D eigenvalue weighted by Crippen LogP contribution is 2.32. The molecule has 0 aliphatic carbocycles. The number of ether oxygens (including phenoxy) is 2. The van der Waals surface area contributed by atoms with Gasteiger partial charge in [-0.25, -0.2) is 0 Å². The SMILES string of the molecule is COc1ccc(NC(=O)c2ccc3c(c2)N(C)C(=O)CO3)cc1Cl. The Morgan fingerprint density at radius 3 is 2.79 bits per heavy atom. The second kappa shape index (κ2) is 6.41. The monoisotopic (exact) mass is 346 g/mol. The van der Waals surface area contributed by atoms with Crippen molar-refractivity contribution < 1.29 is 19.1 Å². The van der Waals surface area contributed by atoms with E-state index in [4.69, 9.17) is 21.1 Å². The van der Waals surface area contributed by atoms with Gasteiger partial charge in [0.1, 0.15) is 11.5 Å². The lowest BCUT2D eigenvalue weighted by molar-refractivity contribution is -0.120. The fraction of sp³-hybridized carbons (Fsp3) is 0.176. The number of carbonyl (C=O) groups excluding carboxylic acids is 2. The predicted molar refractivity (Wildman–Crippen MR) is 91.3 cm³/mol. The van der Waals surface area contributed by atoms with Crippen LogP contribution in [0.3, 0.4) is 0 Å². The van der Waals surface area contributed by atoms with Crippen LogP contribution in [-0.4, -0.2) is 32.6 Å². The van der Waals surface area contributed by atoms with Crippen LogP contribution in [0.5, 0.6) is 11.5 Å². The number of methoxy groups -OCH3 is 1. The van der Waals surface area contributed by atoms with Gasteiger partial charge < -0.3 is 19.7 Å². The van der Waals surface area contributed by atoms with E-state index in [-0.39, 0.29) is 18.4 Å². The third-order valence-electron chi connectivity index (χ3n) is 3.72. The Bertz CT molecular complexity index is 822. The van der Waals surface area contributed by atoms with Crippen molar-refractivity contribution >= 4 is 34.8 Å². The summed E-state index contributed by atoms with van der Waals surface area (Å²) in [4.78, 5) is 25.6. The summed E-state index contributed by atoms with van der Waals surface area (Å²) < 4.78 is 10.4. The molecular weight excluding hydrogens is 332 g/mol. The quantitative estimate of drug-likeness (QED) is 0.927. The van der Waals surface area contributed by atoms with Crippen molar-refractivity contribution in [3.63, 3.8) is 0 Å². The zero-order valence-electron chi connectivity index (χ0n) is 13.1. The number of amides is 2. The van der Waals surface area contributed by atoms with Gasteiger partial charge in [-0.1, -0.05) is 11.6 Å². The predicted octanol–water partition coefficient (Wildman–Crippen LogP) is 2.96. The van der Waals surface area contributed by atoms with Gasteiger partial charge in [-0.3, -0.25) is 9.59 Å². The molecule has 0 saturated carbocycles. The third kappa shape index (κ3) is 3.00. The van der Waals surface area contributed by atoms with Gasteiger partial charge in [-0.2, -0.15) is 0 Å². The number of anilines is 2. The number of fused-ring (bicyclic) bond motifs is 1. The zero-order valence-corrected chi connectivity index (χ0v) is 13.9.